The number of carbonyl (C=O) groups is 1. The lowest BCUT2D eigenvalue weighted by atomic mass is 10.2. The number of fused-ring (bicyclic) bond motifs is 1. The number of halogens is 2. The molecule has 6 heteroatoms. The molecule has 3 aromatic rings. The lowest BCUT2D eigenvalue weighted by molar-refractivity contribution is 0.0953. The van der Waals surface area contributed by atoms with Gasteiger partial charge in [-0.1, -0.05) is 19.1 Å². The number of nitrogens with one attached hydrogen (secondary N) is 1. The molecule has 0 spiro atoms. The normalized spacial score (nSPS) is 11.0. The monoisotopic (exact) mass is 343 g/mol. The third-order valence-corrected chi connectivity index (χ3v) is 4.00. The molecule has 0 saturated heterocycles. The molecule has 0 aliphatic carbocycles. The number of benzene rings is 2. The molecule has 0 bridgehead atoms. The number of hydrogen-bond donors (Lipinski definition) is 1. The molecule has 1 heterocycles. The molecule has 1 amide bonds. The van der Waals surface area contributed by atoms with Gasteiger partial charge in [-0.15, -0.1) is 0 Å². The van der Waals surface area contributed by atoms with E-state index in [2.05, 4.69) is 21.8 Å². The number of amides is 1. The summed E-state index contributed by atoms with van der Waals surface area (Å²) < 4.78 is 28.3. The highest BCUT2D eigenvalue weighted by Gasteiger charge is 2.12. The van der Waals surface area contributed by atoms with Crippen LogP contribution in [0.3, 0.4) is 0 Å². The summed E-state index contributed by atoms with van der Waals surface area (Å²) >= 11 is 0. The van der Waals surface area contributed by atoms with Crippen molar-refractivity contribution in [3.63, 3.8) is 0 Å². The number of imidazole rings is 1. The van der Waals surface area contributed by atoms with Gasteiger partial charge in [-0.2, -0.15) is 0 Å². The summed E-state index contributed by atoms with van der Waals surface area (Å²) in [4.78, 5) is 16.7. The molecule has 0 fully saturated rings. The Bertz CT molecular complexity index is 905. The van der Waals surface area contributed by atoms with E-state index in [1.165, 1.54) is 6.07 Å². The number of rotatable bonds is 6. The van der Waals surface area contributed by atoms with Crippen LogP contribution in [-0.2, 0) is 13.0 Å². The summed E-state index contributed by atoms with van der Waals surface area (Å²) in [5.41, 5.74) is 2.10. The fourth-order valence-corrected chi connectivity index (χ4v) is 2.82. The van der Waals surface area contributed by atoms with Gasteiger partial charge in [-0.05, 0) is 36.8 Å². The molecular weight excluding hydrogens is 324 g/mol. The molecule has 0 unspecified atom stereocenters. The minimum Gasteiger partial charge on any atom is -0.352 e. The maximum Gasteiger partial charge on any atom is 0.251 e. The number of aromatic nitrogens is 2. The lowest BCUT2D eigenvalue weighted by Crippen LogP contribution is -2.26. The second-order valence-corrected chi connectivity index (χ2v) is 5.80. The van der Waals surface area contributed by atoms with E-state index >= 15 is 0 Å². The Hall–Kier alpha value is -2.76. The van der Waals surface area contributed by atoms with Gasteiger partial charge in [-0.3, -0.25) is 4.79 Å². The number of para-hydroxylation sites is 2. The van der Waals surface area contributed by atoms with Crippen LogP contribution in [0.2, 0.25) is 0 Å². The van der Waals surface area contributed by atoms with Crippen LogP contribution in [0.1, 0.15) is 29.5 Å². The van der Waals surface area contributed by atoms with Crippen molar-refractivity contribution in [2.75, 3.05) is 6.54 Å². The summed E-state index contributed by atoms with van der Waals surface area (Å²) in [6.45, 7) is 3.32. The Morgan fingerprint density at radius 2 is 1.96 bits per heavy atom. The standard InChI is InChI=1S/C19H19F2N3O/c1-2-11-24-17-6-4-3-5-16(17)23-18(24)9-10-22-19(25)13-7-8-14(20)15(21)12-13/h3-8,12H,2,9-11H2,1H3,(H,22,25). The fraction of sp³-hybridized carbons (Fsp3) is 0.263. The average molecular weight is 343 g/mol. The van der Waals surface area contributed by atoms with Crippen LogP contribution in [-0.4, -0.2) is 22.0 Å². The van der Waals surface area contributed by atoms with Gasteiger partial charge in [0.1, 0.15) is 5.82 Å². The Labute approximate surface area is 144 Å². The molecule has 0 radical (unpaired) electrons. The van der Waals surface area contributed by atoms with E-state index in [9.17, 15) is 13.6 Å². The van der Waals surface area contributed by atoms with Gasteiger partial charge >= 0.3 is 0 Å². The van der Waals surface area contributed by atoms with Gasteiger partial charge in [0, 0.05) is 25.1 Å². The maximum atomic E-state index is 13.2. The topological polar surface area (TPSA) is 46.9 Å². The molecule has 130 valence electrons. The van der Waals surface area contributed by atoms with Crippen molar-refractivity contribution in [2.45, 2.75) is 26.3 Å². The zero-order chi connectivity index (χ0) is 17.8. The minimum absolute atomic E-state index is 0.0981. The molecule has 3 rings (SSSR count). The molecule has 0 aliphatic rings. The first kappa shape index (κ1) is 17.1. The number of aryl methyl sites for hydroxylation is 1. The molecule has 4 nitrogen and oxygen atoms in total. The van der Waals surface area contributed by atoms with Gasteiger partial charge in [0.2, 0.25) is 0 Å². The molecule has 25 heavy (non-hydrogen) atoms. The van der Waals surface area contributed by atoms with Crippen LogP contribution in [0.15, 0.2) is 42.5 Å². The van der Waals surface area contributed by atoms with Gasteiger partial charge in [0.25, 0.3) is 5.91 Å². The Balaban J connectivity index is 1.69. The predicted octanol–water partition coefficient (Wildman–Crippen LogP) is 3.70. The van der Waals surface area contributed by atoms with Crippen molar-refractivity contribution in [1.82, 2.24) is 14.9 Å². The smallest absolute Gasteiger partial charge is 0.251 e. The lowest BCUT2D eigenvalue weighted by Gasteiger charge is -2.09. The van der Waals surface area contributed by atoms with E-state index in [-0.39, 0.29) is 5.56 Å². The molecule has 0 aliphatic heterocycles. The highest BCUT2D eigenvalue weighted by atomic mass is 19.2. The van der Waals surface area contributed by atoms with Crippen LogP contribution >= 0.6 is 0 Å². The molecule has 0 saturated carbocycles. The van der Waals surface area contributed by atoms with Gasteiger partial charge < -0.3 is 9.88 Å². The maximum absolute atomic E-state index is 13.2. The molecule has 1 N–H and O–H groups in total. The van der Waals surface area contributed by atoms with Crippen molar-refractivity contribution in [1.29, 1.82) is 0 Å². The highest BCUT2D eigenvalue weighted by Crippen LogP contribution is 2.17. The van der Waals surface area contributed by atoms with E-state index in [0.717, 1.165) is 42.0 Å². The number of carbonyl (C=O) groups excluding carboxylic acids is 1. The van der Waals surface area contributed by atoms with E-state index in [1.807, 2.05) is 24.3 Å². The third kappa shape index (κ3) is 3.68. The number of hydrogen-bond acceptors (Lipinski definition) is 2. The molecule has 1 aromatic heterocycles. The van der Waals surface area contributed by atoms with Crippen molar-refractivity contribution in [3.05, 3.63) is 65.5 Å². The fourth-order valence-electron chi connectivity index (χ4n) is 2.82. The van der Waals surface area contributed by atoms with Crippen molar-refractivity contribution < 1.29 is 13.6 Å². The van der Waals surface area contributed by atoms with Gasteiger partial charge in [-0.25, -0.2) is 13.8 Å². The second kappa shape index (κ2) is 7.42. The predicted molar refractivity (Wildman–Crippen MR) is 92.4 cm³/mol. The minimum atomic E-state index is -1.03. The van der Waals surface area contributed by atoms with Crippen LogP contribution < -0.4 is 5.32 Å². The summed E-state index contributed by atoms with van der Waals surface area (Å²) in [6.07, 6.45) is 1.54. The molecule has 0 atom stereocenters. The van der Waals surface area contributed by atoms with Crippen LogP contribution in [0.25, 0.3) is 11.0 Å². The summed E-state index contributed by atoms with van der Waals surface area (Å²) in [5.74, 6) is -1.53. The number of nitrogens with zero attached hydrogens (tertiary/aromatic N) is 2. The second-order valence-electron chi connectivity index (χ2n) is 5.80. The SMILES string of the molecule is CCCn1c(CCNC(=O)c2ccc(F)c(F)c2)nc2ccccc21. The largest absolute Gasteiger partial charge is 0.352 e. The Morgan fingerprint density at radius 3 is 2.72 bits per heavy atom. The van der Waals surface area contributed by atoms with Crippen LogP contribution in [0.5, 0.6) is 0 Å². The van der Waals surface area contributed by atoms with E-state index in [0.29, 0.717) is 13.0 Å². The average Bonchev–Trinajstić information content (AvgIpc) is 2.95. The van der Waals surface area contributed by atoms with Crippen LogP contribution in [0.4, 0.5) is 8.78 Å². The van der Waals surface area contributed by atoms with Gasteiger partial charge in [0.15, 0.2) is 11.6 Å². The first-order valence-electron chi connectivity index (χ1n) is 8.27. The quantitative estimate of drug-likeness (QED) is 0.742. The zero-order valence-electron chi connectivity index (χ0n) is 13.9. The summed E-state index contributed by atoms with van der Waals surface area (Å²) in [5, 5.41) is 2.73. The summed E-state index contributed by atoms with van der Waals surface area (Å²) in [6, 6.07) is 11.0. The van der Waals surface area contributed by atoms with Crippen molar-refractivity contribution >= 4 is 16.9 Å². The Kier molecular flexibility index (Phi) is 5.07. The Morgan fingerprint density at radius 1 is 1.16 bits per heavy atom. The van der Waals surface area contributed by atoms with Crippen molar-refractivity contribution in [2.24, 2.45) is 0 Å². The van der Waals surface area contributed by atoms with E-state index in [4.69, 9.17) is 0 Å². The highest BCUT2D eigenvalue weighted by molar-refractivity contribution is 5.94. The molecular formula is C19H19F2N3O. The zero-order valence-corrected chi connectivity index (χ0v) is 13.9. The molecule has 2 aromatic carbocycles. The van der Waals surface area contributed by atoms with Crippen LogP contribution in [0, 0.1) is 11.6 Å². The third-order valence-electron chi connectivity index (χ3n) is 4.00. The first-order valence-corrected chi connectivity index (χ1v) is 8.27. The van der Waals surface area contributed by atoms with E-state index in [1.54, 1.807) is 0 Å². The van der Waals surface area contributed by atoms with Gasteiger partial charge in [0.05, 0.1) is 11.0 Å². The first-order chi connectivity index (χ1) is 12.1. The summed E-state index contributed by atoms with van der Waals surface area (Å²) in [7, 11) is 0. The van der Waals surface area contributed by atoms with E-state index < -0.39 is 17.5 Å². The van der Waals surface area contributed by atoms with Crippen molar-refractivity contribution in [3.8, 4) is 0 Å².